The molecule has 1 aromatic carbocycles. The number of benzene rings is 1. The summed E-state index contributed by atoms with van der Waals surface area (Å²) in [6.45, 7) is 5.71. The predicted octanol–water partition coefficient (Wildman–Crippen LogP) is 2.54. The molecule has 0 atom stereocenters. The van der Waals surface area contributed by atoms with Crippen molar-refractivity contribution in [1.82, 2.24) is 0 Å². The fourth-order valence-corrected chi connectivity index (χ4v) is 2.18. The fourth-order valence-electron chi connectivity index (χ4n) is 2.18. The van der Waals surface area contributed by atoms with Crippen LogP contribution in [0.4, 0.5) is 0 Å². The minimum Gasteiger partial charge on any atom is -0.496 e. The number of ether oxygens (including phenoxy) is 2. The largest absolute Gasteiger partial charge is 0.496 e. The highest BCUT2D eigenvalue weighted by Gasteiger charge is 2.11. The van der Waals surface area contributed by atoms with E-state index in [2.05, 4.69) is 26.0 Å². The summed E-state index contributed by atoms with van der Waals surface area (Å²) in [6, 6.07) is 4.31. The van der Waals surface area contributed by atoms with Crippen molar-refractivity contribution < 1.29 is 9.47 Å². The van der Waals surface area contributed by atoms with Gasteiger partial charge in [-0.3, -0.25) is 0 Å². The van der Waals surface area contributed by atoms with Crippen molar-refractivity contribution >= 4 is 0 Å². The van der Waals surface area contributed by atoms with E-state index in [1.165, 1.54) is 16.7 Å². The van der Waals surface area contributed by atoms with Gasteiger partial charge >= 0.3 is 0 Å². The molecular weight excluding hydrogens is 226 g/mol. The summed E-state index contributed by atoms with van der Waals surface area (Å²) in [5.74, 6) is 1.56. The average molecular weight is 251 g/mol. The first kappa shape index (κ1) is 15.0. The highest BCUT2D eigenvalue weighted by Crippen LogP contribution is 2.26. The minimum atomic E-state index is 0.616. The van der Waals surface area contributed by atoms with E-state index in [9.17, 15) is 0 Å². The Morgan fingerprint density at radius 1 is 1.11 bits per heavy atom. The Bertz CT molecular complexity index is 375. The molecule has 0 amide bonds. The molecule has 0 bridgehead atoms. The van der Waals surface area contributed by atoms with E-state index in [0.29, 0.717) is 19.1 Å². The number of hydrogen-bond donors (Lipinski definition) is 1. The van der Waals surface area contributed by atoms with Gasteiger partial charge in [-0.05, 0) is 54.1 Å². The molecule has 1 aromatic rings. The molecule has 3 heteroatoms. The third-order valence-electron chi connectivity index (χ3n) is 2.94. The second-order valence-corrected chi connectivity index (χ2v) is 5.00. The van der Waals surface area contributed by atoms with Gasteiger partial charge in [0, 0.05) is 7.11 Å². The van der Waals surface area contributed by atoms with Crippen molar-refractivity contribution in [2.24, 2.45) is 11.7 Å². The maximum Gasteiger partial charge on any atom is 0.122 e. The maximum atomic E-state index is 5.64. The second-order valence-electron chi connectivity index (χ2n) is 5.00. The molecule has 0 spiro atoms. The van der Waals surface area contributed by atoms with E-state index >= 15 is 0 Å². The molecule has 0 heterocycles. The Balaban J connectivity index is 3.13. The topological polar surface area (TPSA) is 44.5 Å². The third kappa shape index (κ3) is 4.00. The molecule has 18 heavy (non-hydrogen) atoms. The lowest BCUT2D eigenvalue weighted by Crippen LogP contribution is -2.08. The normalized spacial score (nSPS) is 11.0. The van der Waals surface area contributed by atoms with Crippen LogP contribution < -0.4 is 10.5 Å². The van der Waals surface area contributed by atoms with Gasteiger partial charge in [0.05, 0.1) is 13.7 Å². The Morgan fingerprint density at radius 2 is 1.83 bits per heavy atom. The molecule has 0 unspecified atom stereocenters. The molecule has 0 fully saturated rings. The highest BCUT2D eigenvalue weighted by molar-refractivity contribution is 5.43. The summed E-state index contributed by atoms with van der Waals surface area (Å²) in [6.07, 6.45) is 1.87. The minimum absolute atomic E-state index is 0.616. The van der Waals surface area contributed by atoms with Crippen molar-refractivity contribution in [3.63, 3.8) is 0 Å². The lowest BCUT2D eigenvalue weighted by atomic mass is 9.95. The van der Waals surface area contributed by atoms with Gasteiger partial charge in [0.1, 0.15) is 5.75 Å². The zero-order valence-electron chi connectivity index (χ0n) is 12.0. The zero-order chi connectivity index (χ0) is 13.5. The molecule has 0 aliphatic rings. The molecular formula is C15H25NO2. The van der Waals surface area contributed by atoms with Crippen LogP contribution in [0.5, 0.6) is 5.75 Å². The lowest BCUT2D eigenvalue weighted by Gasteiger charge is -2.16. The standard InChI is InChI=1S/C15H25NO2/c1-11(2)7-13-9-15(18-4)12(5-6-16)8-14(13)10-17-3/h8-9,11H,5-7,10,16H2,1-4H3. The van der Waals surface area contributed by atoms with Crippen LogP contribution in [0.2, 0.25) is 0 Å². The fraction of sp³-hybridized carbons (Fsp3) is 0.600. The van der Waals surface area contributed by atoms with Gasteiger partial charge < -0.3 is 15.2 Å². The van der Waals surface area contributed by atoms with Crippen molar-refractivity contribution in [2.45, 2.75) is 33.3 Å². The molecule has 102 valence electrons. The van der Waals surface area contributed by atoms with Crippen LogP contribution in [0.1, 0.15) is 30.5 Å². The van der Waals surface area contributed by atoms with Crippen LogP contribution in [0.3, 0.4) is 0 Å². The van der Waals surface area contributed by atoms with Crippen LogP contribution in [0.25, 0.3) is 0 Å². The summed E-state index contributed by atoms with van der Waals surface area (Å²) >= 11 is 0. The van der Waals surface area contributed by atoms with Crippen molar-refractivity contribution in [3.8, 4) is 5.75 Å². The molecule has 0 aromatic heterocycles. The number of hydrogen-bond acceptors (Lipinski definition) is 3. The first-order valence-corrected chi connectivity index (χ1v) is 6.50. The summed E-state index contributed by atoms with van der Waals surface area (Å²) in [5.41, 5.74) is 9.36. The summed E-state index contributed by atoms with van der Waals surface area (Å²) < 4.78 is 10.7. The second kappa shape index (κ2) is 7.39. The quantitative estimate of drug-likeness (QED) is 0.810. The van der Waals surface area contributed by atoms with E-state index in [1.807, 2.05) is 0 Å². The molecule has 0 saturated heterocycles. The number of rotatable bonds is 7. The maximum absolute atomic E-state index is 5.64. The summed E-state index contributed by atoms with van der Waals surface area (Å²) in [5, 5.41) is 0. The van der Waals surface area contributed by atoms with Gasteiger partial charge in [0.15, 0.2) is 0 Å². The highest BCUT2D eigenvalue weighted by atomic mass is 16.5. The Morgan fingerprint density at radius 3 is 2.33 bits per heavy atom. The van der Waals surface area contributed by atoms with Gasteiger partial charge in [0.2, 0.25) is 0 Å². The number of nitrogens with two attached hydrogens (primary N) is 1. The first-order chi connectivity index (χ1) is 8.62. The van der Waals surface area contributed by atoms with Crippen molar-refractivity contribution in [3.05, 3.63) is 28.8 Å². The van der Waals surface area contributed by atoms with Gasteiger partial charge in [-0.15, -0.1) is 0 Å². The van der Waals surface area contributed by atoms with E-state index in [1.54, 1.807) is 14.2 Å². The average Bonchev–Trinajstić information content (AvgIpc) is 2.32. The van der Waals surface area contributed by atoms with Crippen LogP contribution in [-0.2, 0) is 24.2 Å². The van der Waals surface area contributed by atoms with E-state index < -0.39 is 0 Å². The molecule has 1 rings (SSSR count). The summed E-state index contributed by atoms with van der Waals surface area (Å²) in [4.78, 5) is 0. The van der Waals surface area contributed by atoms with Crippen LogP contribution in [0.15, 0.2) is 12.1 Å². The monoisotopic (exact) mass is 251 g/mol. The molecule has 0 radical (unpaired) electrons. The molecule has 0 aliphatic carbocycles. The molecule has 0 saturated carbocycles. The van der Waals surface area contributed by atoms with E-state index in [4.69, 9.17) is 15.2 Å². The van der Waals surface area contributed by atoms with Crippen LogP contribution in [-0.4, -0.2) is 20.8 Å². The molecule has 3 nitrogen and oxygen atoms in total. The zero-order valence-corrected chi connectivity index (χ0v) is 12.0. The van der Waals surface area contributed by atoms with Gasteiger partial charge in [-0.2, -0.15) is 0 Å². The van der Waals surface area contributed by atoms with Crippen LogP contribution >= 0.6 is 0 Å². The number of methoxy groups -OCH3 is 2. The van der Waals surface area contributed by atoms with E-state index in [0.717, 1.165) is 18.6 Å². The Hall–Kier alpha value is -1.06. The Kier molecular flexibility index (Phi) is 6.16. The first-order valence-electron chi connectivity index (χ1n) is 6.50. The van der Waals surface area contributed by atoms with Gasteiger partial charge in [-0.1, -0.05) is 13.8 Å². The Labute approximate surface area is 110 Å². The van der Waals surface area contributed by atoms with Crippen LogP contribution in [0, 0.1) is 5.92 Å². The predicted molar refractivity (Wildman–Crippen MR) is 75.0 cm³/mol. The molecule has 2 N–H and O–H groups in total. The van der Waals surface area contributed by atoms with Crippen molar-refractivity contribution in [1.29, 1.82) is 0 Å². The molecule has 0 aliphatic heterocycles. The lowest BCUT2D eigenvalue weighted by molar-refractivity contribution is 0.184. The third-order valence-corrected chi connectivity index (χ3v) is 2.94. The smallest absolute Gasteiger partial charge is 0.122 e. The SMILES string of the molecule is COCc1cc(CCN)c(OC)cc1CC(C)C. The van der Waals surface area contributed by atoms with E-state index in [-0.39, 0.29) is 0 Å². The van der Waals surface area contributed by atoms with Crippen molar-refractivity contribution in [2.75, 3.05) is 20.8 Å². The summed E-state index contributed by atoms with van der Waals surface area (Å²) in [7, 11) is 3.44. The van der Waals surface area contributed by atoms with Gasteiger partial charge in [0.25, 0.3) is 0 Å². The van der Waals surface area contributed by atoms with Gasteiger partial charge in [-0.25, -0.2) is 0 Å².